The molecule has 2 saturated heterocycles. The first-order valence-corrected chi connectivity index (χ1v) is 8.22. The Hall–Kier alpha value is -1.20. The highest BCUT2D eigenvalue weighted by atomic mass is 16.7. The summed E-state index contributed by atoms with van der Waals surface area (Å²) in [7, 11) is 0. The lowest BCUT2D eigenvalue weighted by atomic mass is 10.0. The van der Waals surface area contributed by atoms with Gasteiger partial charge in [0.05, 0.1) is 19.8 Å². The van der Waals surface area contributed by atoms with Crippen molar-refractivity contribution in [1.82, 2.24) is 9.97 Å². The Kier molecular flexibility index (Phi) is 3.55. The molecule has 4 rings (SSSR count). The van der Waals surface area contributed by atoms with E-state index in [2.05, 4.69) is 14.9 Å². The molecule has 0 aromatic carbocycles. The summed E-state index contributed by atoms with van der Waals surface area (Å²) in [5.74, 6) is 0.737. The summed E-state index contributed by atoms with van der Waals surface area (Å²) in [6.07, 6.45) is 9.82. The Morgan fingerprint density at radius 2 is 1.86 bits per heavy atom. The van der Waals surface area contributed by atoms with Gasteiger partial charge < -0.3 is 14.4 Å². The Morgan fingerprint density at radius 1 is 1.00 bits per heavy atom. The molecular formula is C16H23N3O2. The molecule has 2 aliphatic heterocycles. The molecule has 5 heteroatoms. The van der Waals surface area contributed by atoms with Crippen LogP contribution in [-0.4, -0.2) is 42.1 Å². The highest BCUT2D eigenvalue weighted by Gasteiger charge is 2.41. The van der Waals surface area contributed by atoms with E-state index in [1.54, 1.807) is 6.33 Å². The molecule has 3 heterocycles. The first kappa shape index (κ1) is 13.5. The van der Waals surface area contributed by atoms with Crippen LogP contribution < -0.4 is 4.90 Å². The summed E-state index contributed by atoms with van der Waals surface area (Å²) in [5, 5.41) is 0. The molecule has 5 nitrogen and oxygen atoms in total. The van der Waals surface area contributed by atoms with Gasteiger partial charge in [-0.05, 0) is 32.1 Å². The van der Waals surface area contributed by atoms with Gasteiger partial charge in [0.15, 0.2) is 5.79 Å². The van der Waals surface area contributed by atoms with Crippen LogP contribution in [0.4, 0.5) is 5.82 Å². The maximum atomic E-state index is 5.89. The van der Waals surface area contributed by atoms with Gasteiger partial charge in [0.25, 0.3) is 0 Å². The van der Waals surface area contributed by atoms with Crippen LogP contribution >= 0.6 is 0 Å². The van der Waals surface area contributed by atoms with Crippen LogP contribution in [0.2, 0.25) is 0 Å². The maximum absolute atomic E-state index is 5.89. The number of anilines is 1. The number of nitrogens with zero attached hydrogens (tertiary/aromatic N) is 3. The normalized spacial score (nSPS) is 24.9. The Morgan fingerprint density at radius 3 is 2.76 bits per heavy atom. The summed E-state index contributed by atoms with van der Waals surface area (Å²) in [6, 6.07) is 0. The zero-order chi connectivity index (χ0) is 14.1. The topological polar surface area (TPSA) is 47.5 Å². The standard InChI is InChI=1S/C16H23N3O2/c1-2-5-13-14(6-3-1)17-12-18-15(13)19-8-4-7-16(11-19)20-9-10-21-16/h12H,1-11H2. The molecule has 2 fully saturated rings. The molecule has 0 bridgehead atoms. The average Bonchev–Trinajstić information content (AvgIpc) is 2.82. The highest BCUT2D eigenvalue weighted by molar-refractivity contribution is 5.50. The molecule has 21 heavy (non-hydrogen) atoms. The summed E-state index contributed by atoms with van der Waals surface area (Å²) in [5.41, 5.74) is 2.62. The summed E-state index contributed by atoms with van der Waals surface area (Å²) < 4.78 is 11.8. The minimum absolute atomic E-state index is 0.388. The fourth-order valence-electron chi connectivity index (χ4n) is 3.85. The number of hydrogen-bond donors (Lipinski definition) is 0. The molecule has 0 unspecified atom stereocenters. The number of rotatable bonds is 1. The van der Waals surface area contributed by atoms with Crippen LogP contribution in [-0.2, 0) is 22.3 Å². The van der Waals surface area contributed by atoms with Crippen LogP contribution in [0.15, 0.2) is 6.33 Å². The van der Waals surface area contributed by atoms with Crippen molar-refractivity contribution in [3.05, 3.63) is 17.6 Å². The second kappa shape index (κ2) is 5.54. The molecule has 1 aromatic rings. The van der Waals surface area contributed by atoms with Crippen molar-refractivity contribution >= 4 is 5.82 Å². The molecule has 0 radical (unpaired) electrons. The zero-order valence-electron chi connectivity index (χ0n) is 12.5. The largest absolute Gasteiger partial charge is 0.351 e. The van der Waals surface area contributed by atoms with Crippen molar-refractivity contribution in [3.63, 3.8) is 0 Å². The predicted octanol–water partition coefficient (Wildman–Crippen LogP) is 2.09. The van der Waals surface area contributed by atoms with Crippen LogP contribution in [0, 0.1) is 0 Å². The Labute approximate surface area is 125 Å². The molecule has 0 atom stereocenters. The second-order valence-electron chi connectivity index (χ2n) is 6.32. The van der Waals surface area contributed by atoms with E-state index in [9.17, 15) is 0 Å². The third-order valence-corrected chi connectivity index (χ3v) is 4.88. The van der Waals surface area contributed by atoms with Crippen LogP contribution in [0.5, 0.6) is 0 Å². The van der Waals surface area contributed by atoms with E-state index in [0.29, 0.717) is 0 Å². The molecule has 0 amide bonds. The highest BCUT2D eigenvalue weighted by Crippen LogP contribution is 2.34. The number of fused-ring (bicyclic) bond motifs is 1. The lowest BCUT2D eigenvalue weighted by Gasteiger charge is -2.39. The van der Waals surface area contributed by atoms with Crippen molar-refractivity contribution in [3.8, 4) is 0 Å². The number of aryl methyl sites for hydroxylation is 1. The van der Waals surface area contributed by atoms with Gasteiger partial charge in [0, 0.05) is 24.2 Å². The number of aromatic nitrogens is 2. The lowest BCUT2D eigenvalue weighted by Crippen LogP contribution is -2.49. The van der Waals surface area contributed by atoms with Gasteiger partial charge in [-0.2, -0.15) is 0 Å². The molecule has 114 valence electrons. The number of ether oxygens (including phenoxy) is 2. The van der Waals surface area contributed by atoms with E-state index >= 15 is 0 Å². The van der Waals surface area contributed by atoms with Crippen molar-refractivity contribution in [2.75, 3.05) is 31.2 Å². The minimum atomic E-state index is -0.388. The number of hydrogen-bond acceptors (Lipinski definition) is 5. The van der Waals surface area contributed by atoms with Crippen LogP contribution in [0.25, 0.3) is 0 Å². The molecular weight excluding hydrogens is 266 g/mol. The van der Waals surface area contributed by atoms with Crippen LogP contribution in [0.3, 0.4) is 0 Å². The second-order valence-corrected chi connectivity index (χ2v) is 6.32. The van der Waals surface area contributed by atoms with Crippen molar-refractivity contribution in [1.29, 1.82) is 0 Å². The first-order chi connectivity index (χ1) is 10.4. The fourth-order valence-corrected chi connectivity index (χ4v) is 3.85. The van der Waals surface area contributed by atoms with E-state index in [0.717, 1.165) is 57.8 Å². The SMILES string of the molecule is c1nc2c(c(N3CCCC4(C3)OCCO4)n1)CCCCC2. The molecule has 3 aliphatic rings. The minimum Gasteiger partial charge on any atom is -0.351 e. The van der Waals surface area contributed by atoms with Gasteiger partial charge in [-0.25, -0.2) is 9.97 Å². The van der Waals surface area contributed by atoms with Gasteiger partial charge in [-0.3, -0.25) is 0 Å². The number of piperidine rings is 1. The third-order valence-electron chi connectivity index (χ3n) is 4.88. The Bertz CT molecular complexity index is 514. The van der Waals surface area contributed by atoms with E-state index in [1.807, 2.05) is 0 Å². The zero-order valence-corrected chi connectivity index (χ0v) is 12.5. The maximum Gasteiger partial charge on any atom is 0.186 e. The van der Waals surface area contributed by atoms with E-state index in [1.165, 1.54) is 30.5 Å². The molecule has 1 aliphatic carbocycles. The van der Waals surface area contributed by atoms with Gasteiger partial charge in [0.1, 0.15) is 12.1 Å². The summed E-state index contributed by atoms with van der Waals surface area (Å²) in [6.45, 7) is 3.28. The van der Waals surface area contributed by atoms with Crippen molar-refractivity contribution in [2.24, 2.45) is 0 Å². The third kappa shape index (κ3) is 2.53. The molecule has 0 saturated carbocycles. The smallest absolute Gasteiger partial charge is 0.186 e. The van der Waals surface area contributed by atoms with Crippen LogP contribution in [0.1, 0.15) is 43.4 Å². The fraction of sp³-hybridized carbons (Fsp3) is 0.750. The van der Waals surface area contributed by atoms with Gasteiger partial charge in [-0.1, -0.05) is 6.42 Å². The van der Waals surface area contributed by atoms with Crippen molar-refractivity contribution in [2.45, 2.75) is 50.7 Å². The monoisotopic (exact) mass is 289 g/mol. The lowest BCUT2D eigenvalue weighted by molar-refractivity contribution is -0.161. The molecule has 1 spiro atoms. The Balaban J connectivity index is 1.63. The summed E-state index contributed by atoms with van der Waals surface area (Å²) >= 11 is 0. The van der Waals surface area contributed by atoms with E-state index in [4.69, 9.17) is 9.47 Å². The molecule has 1 aromatic heterocycles. The van der Waals surface area contributed by atoms with Gasteiger partial charge >= 0.3 is 0 Å². The molecule has 0 N–H and O–H groups in total. The van der Waals surface area contributed by atoms with E-state index < -0.39 is 0 Å². The first-order valence-electron chi connectivity index (χ1n) is 8.22. The predicted molar refractivity (Wildman–Crippen MR) is 79.4 cm³/mol. The van der Waals surface area contributed by atoms with Crippen molar-refractivity contribution < 1.29 is 9.47 Å². The van der Waals surface area contributed by atoms with E-state index in [-0.39, 0.29) is 5.79 Å². The van der Waals surface area contributed by atoms with Gasteiger partial charge in [-0.15, -0.1) is 0 Å². The quantitative estimate of drug-likeness (QED) is 0.741. The average molecular weight is 289 g/mol. The summed E-state index contributed by atoms with van der Waals surface area (Å²) in [4.78, 5) is 11.5. The van der Waals surface area contributed by atoms with Gasteiger partial charge in [0.2, 0.25) is 0 Å².